The predicted molar refractivity (Wildman–Crippen MR) is 112 cm³/mol. The maximum atomic E-state index is 13.2. The molecule has 0 unspecified atom stereocenters. The Hall–Kier alpha value is -2.90. The zero-order valence-corrected chi connectivity index (χ0v) is 17.0. The van der Waals surface area contributed by atoms with Crippen molar-refractivity contribution in [3.05, 3.63) is 59.2 Å². The molecule has 1 atom stereocenters. The lowest BCUT2D eigenvalue weighted by Crippen LogP contribution is -2.62. The Morgan fingerprint density at radius 1 is 1.21 bits per heavy atom. The first-order valence-electron chi connectivity index (χ1n) is 9.76. The van der Waals surface area contributed by atoms with E-state index in [0.29, 0.717) is 43.1 Å². The summed E-state index contributed by atoms with van der Waals surface area (Å²) in [6, 6.07) is 11.6. The van der Waals surface area contributed by atoms with Crippen LogP contribution in [0.3, 0.4) is 0 Å². The normalized spacial score (nSPS) is 18.2. The summed E-state index contributed by atoms with van der Waals surface area (Å²) in [7, 11) is 0. The predicted octanol–water partition coefficient (Wildman–Crippen LogP) is 3.04. The maximum absolute atomic E-state index is 13.2. The second kappa shape index (κ2) is 8.63. The summed E-state index contributed by atoms with van der Waals surface area (Å²) >= 11 is 0. The van der Waals surface area contributed by atoms with Crippen molar-refractivity contribution in [2.24, 2.45) is 0 Å². The van der Waals surface area contributed by atoms with Gasteiger partial charge in [0.15, 0.2) is 0 Å². The molecule has 3 N–H and O–H groups in total. The van der Waals surface area contributed by atoms with E-state index in [1.807, 2.05) is 26.8 Å². The molecule has 2 aromatic rings. The van der Waals surface area contributed by atoms with Gasteiger partial charge in [-0.1, -0.05) is 24.3 Å². The lowest BCUT2D eigenvalue weighted by atomic mass is 9.94. The third-order valence-corrected chi connectivity index (χ3v) is 5.09. The number of fused-ring (bicyclic) bond motifs is 1. The summed E-state index contributed by atoms with van der Waals surface area (Å²) in [5, 5.41) is 17.2. The van der Waals surface area contributed by atoms with E-state index in [4.69, 9.17) is 4.74 Å². The molecule has 7 heteroatoms. The number of rotatable bonds is 7. The van der Waals surface area contributed by atoms with Crippen molar-refractivity contribution in [1.82, 2.24) is 5.32 Å². The van der Waals surface area contributed by atoms with Crippen LogP contribution < -0.4 is 15.5 Å². The second-order valence-corrected chi connectivity index (χ2v) is 7.06. The topological polar surface area (TPSA) is 90.9 Å². The van der Waals surface area contributed by atoms with Crippen LogP contribution in [0.1, 0.15) is 30.0 Å². The molecule has 0 aromatic heterocycles. The highest BCUT2D eigenvalue weighted by molar-refractivity contribution is 6.11. The van der Waals surface area contributed by atoms with Crippen molar-refractivity contribution in [3.8, 4) is 0 Å². The molecule has 1 aliphatic heterocycles. The van der Waals surface area contributed by atoms with Gasteiger partial charge in [-0.05, 0) is 56.5 Å². The van der Waals surface area contributed by atoms with Crippen LogP contribution in [0.4, 0.5) is 16.2 Å². The molecule has 0 fully saturated rings. The number of carbonyl (C=O) groups excluding carboxylic acids is 2. The van der Waals surface area contributed by atoms with Crippen LogP contribution in [0, 0.1) is 13.8 Å². The fraction of sp³-hybridized carbons (Fsp3) is 0.364. The number of carbonyl (C=O) groups is 2. The van der Waals surface area contributed by atoms with Gasteiger partial charge in [0.25, 0.3) is 11.6 Å². The summed E-state index contributed by atoms with van der Waals surface area (Å²) < 4.78 is 5.29. The summed E-state index contributed by atoms with van der Waals surface area (Å²) in [6.45, 7) is 7.22. The number of anilines is 2. The Balaban J connectivity index is 2.00. The molecule has 154 valence electrons. The van der Waals surface area contributed by atoms with E-state index in [9.17, 15) is 14.7 Å². The number of hydrogen-bond donors (Lipinski definition) is 3. The second-order valence-electron chi connectivity index (χ2n) is 7.06. The molecule has 0 bridgehead atoms. The van der Waals surface area contributed by atoms with Gasteiger partial charge in [-0.3, -0.25) is 9.69 Å². The number of benzene rings is 2. The van der Waals surface area contributed by atoms with Crippen LogP contribution in [-0.2, 0) is 15.3 Å². The van der Waals surface area contributed by atoms with Crippen LogP contribution in [0.15, 0.2) is 42.5 Å². The number of para-hydroxylation sites is 1. The van der Waals surface area contributed by atoms with Gasteiger partial charge in [-0.2, -0.15) is 0 Å². The largest absolute Gasteiger partial charge is 0.382 e. The Bertz CT molecular complexity index is 915. The van der Waals surface area contributed by atoms with Crippen molar-refractivity contribution in [1.29, 1.82) is 0 Å². The number of urea groups is 1. The molecule has 29 heavy (non-hydrogen) atoms. The number of amides is 3. The van der Waals surface area contributed by atoms with E-state index in [1.165, 1.54) is 0 Å². The van der Waals surface area contributed by atoms with Gasteiger partial charge in [0.1, 0.15) is 0 Å². The van der Waals surface area contributed by atoms with Crippen LogP contribution in [0.25, 0.3) is 0 Å². The van der Waals surface area contributed by atoms with E-state index < -0.39 is 17.7 Å². The molecule has 3 rings (SSSR count). The van der Waals surface area contributed by atoms with Gasteiger partial charge in [0, 0.05) is 31.0 Å². The van der Waals surface area contributed by atoms with E-state index >= 15 is 0 Å². The first-order valence-corrected chi connectivity index (χ1v) is 9.76. The number of aryl methyl sites for hydroxylation is 2. The molecule has 0 saturated heterocycles. The Kier molecular flexibility index (Phi) is 6.20. The zero-order valence-electron chi connectivity index (χ0n) is 17.0. The van der Waals surface area contributed by atoms with Crippen molar-refractivity contribution in [3.63, 3.8) is 0 Å². The number of nitrogens with zero attached hydrogens (tertiary/aromatic N) is 1. The first kappa shape index (κ1) is 20.8. The highest BCUT2D eigenvalue weighted by Crippen LogP contribution is 2.40. The minimum absolute atomic E-state index is 0.320. The number of aliphatic hydroxyl groups is 1. The van der Waals surface area contributed by atoms with E-state index in [-0.39, 0.29) is 0 Å². The van der Waals surface area contributed by atoms with Crippen molar-refractivity contribution < 1.29 is 19.4 Å². The number of hydrogen-bond acceptors (Lipinski definition) is 4. The summed E-state index contributed by atoms with van der Waals surface area (Å²) in [4.78, 5) is 27.2. The Morgan fingerprint density at radius 2 is 1.97 bits per heavy atom. The van der Waals surface area contributed by atoms with Crippen molar-refractivity contribution >= 4 is 23.3 Å². The van der Waals surface area contributed by atoms with Gasteiger partial charge in [-0.15, -0.1) is 0 Å². The lowest BCUT2D eigenvalue weighted by molar-refractivity contribution is -0.140. The molecule has 0 radical (unpaired) electrons. The van der Waals surface area contributed by atoms with Crippen LogP contribution in [-0.4, -0.2) is 36.8 Å². The Morgan fingerprint density at radius 3 is 2.69 bits per heavy atom. The molecule has 7 nitrogen and oxygen atoms in total. The van der Waals surface area contributed by atoms with Gasteiger partial charge >= 0.3 is 6.03 Å². The smallest absolute Gasteiger partial charge is 0.329 e. The van der Waals surface area contributed by atoms with Crippen molar-refractivity contribution in [2.45, 2.75) is 32.9 Å². The van der Waals surface area contributed by atoms with E-state index in [0.717, 1.165) is 16.0 Å². The quantitative estimate of drug-likeness (QED) is 0.627. The fourth-order valence-electron chi connectivity index (χ4n) is 3.37. The molecule has 0 aliphatic carbocycles. The molecule has 0 saturated carbocycles. The fourth-order valence-corrected chi connectivity index (χ4v) is 3.37. The molecule has 3 amide bonds. The van der Waals surface area contributed by atoms with Crippen molar-refractivity contribution in [2.75, 3.05) is 30.0 Å². The number of ether oxygens (including phenoxy) is 1. The van der Waals surface area contributed by atoms with Crippen LogP contribution in [0.2, 0.25) is 0 Å². The van der Waals surface area contributed by atoms with Gasteiger partial charge in [0.2, 0.25) is 0 Å². The highest BCUT2D eigenvalue weighted by atomic mass is 16.5. The first-order chi connectivity index (χ1) is 13.9. The molecule has 1 aliphatic rings. The zero-order chi connectivity index (χ0) is 21.0. The monoisotopic (exact) mass is 397 g/mol. The molecular weight excluding hydrogens is 370 g/mol. The minimum atomic E-state index is -2.17. The maximum Gasteiger partial charge on any atom is 0.329 e. The molecular formula is C22H27N3O4. The van der Waals surface area contributed by atoms with E-state index in [1.54, 1.807) is 36.4 Å². The average molecular weight is 397 g/mol. The summed E-state index contributed by atoms with van der Waals surface area (Å²) in [6.07, 6.45) is 0.604. The van der Waals surface area contributed by atoms with Gasteiger partial charge < -0.3 is 20.5 Å². The van der Waals surface area contributed by atoms with Crippen LogP contribution >= 0.6 is 0 Å². The third kappa shape index (κ3) is 3.97. The van der Waals surface area contributed by atoms with Crippen LogP contribution in [0.5, 0.6) is 0 Å². The van der Waals surface area contributed by atoms with Gasteiger partial charge in [-0.25, -0.2) is 4.79 Å². The molecule has 1 heterocycles. The highest BCUT2D eigenvalue weighted by Gasteiger charge is 2.51. The number of nitrogens with one attached hydrogen (secondary N) is 2. The molecule has 0 spiro atoms. The van der Waals surface area contributed by atoms with E-state index in [2.05, 4.69) is 10.6 Å². The summed E-state index contributed by atoms with van der Waals surface area (Å²) in [5.74, 6) is -0.658. The van der Waals surface area contributed by atoms with Gasteiger partial charge in [0.05, 0.1) is 5.69 Å². The Labute approximate surface area is 170 Å². The molecule has 2 aromatic carbocycles. The average Bonchev–Trinajstić information content (AvgIpc) is 2.70. The lowest BCUT2D eigenvalue weighted by Gasteiger charge is -2.42. The summed E-state index contributed by atoms with van der Waals surface area (Å²) in [5.41, 5.74) is 0.993. The third-order valence-electron chi connectivity index (χ3n) is 5.09. The SMILES string of the molecule is CCOCCCNC(=O)[C@@]1(O)c2ccccc2NC(=O)N1c1ccc(C)c(C)c1. The standard InChI is InChI=1S/C22H27N3O4/c1-4-29-13-7-12-23-20(26)22(28)18-8-5-6-9-19(18)24-21(27)25(22)17-11-10-15(2)16(3)14-17/h5-6,8-11,14,28H,4,7,12-13H2,1-3H3,(H,23,26)(H,24,27)/t22-/m0/s1. The minimum Gasteiger partial charge on any atom is -0.382 e.